The zero-order valence-corrected chi connectivity index (χ0v) is 30.9. The van der Waals surface area contributed by atoms with E-state index in [4.69, 9.17) is 9.05 Å². The van der Waals surface area contributed by atoms with Crippen LogP contribution in [0.1, 0.15) is 123 Å². The van der Waals surface area contributed by atoms with Gasteiger partial charge in [0, 0.05) is 0 Å². The molecule has 8 unspecified atom stereocenters. The highest BCUT2D eigenvalue weighted by molar-refractivity contribution is 7.47. The van der Waals surface area contributed by atoms with Gasteiger partial charge in [0.05, 0.1) is 31.3 Å². The molecule has 0 aromatic carbocycles. The number of aliphatic hydroxyl groups excluding tert-OH is 7. The summed E-state index contributed by atoms with van der Waals surface area (Å²) >= 11 is 0. The Bertz CT molecular complexity index is 1010. The average Bonchev–Trinajstić information content (AvgIpc) is 3.08. The Morgan fingerprint density at radius 1 is 0.700 bits per heavy atom. The van der Waals surface area contributed by atoms with Gasteiger partial charge < -0.3 is 46.0 Å². The molecule has 0 radical (unpaired) electrons. The Kier molecular flexibility index (Phi) is 25.3. The molecule has 13 nitrogen and oxygen atoms in total. The number of unbranched alkanes of at least 4 members (excludes halogenated alkanes) is 13. The van der Waals surface area contributed by atoms with Crippen LogP contribution in [0.5, 0.6) is 0 Å². The Hall–Kier alpha value is -1.48. The van der Waals surface area contributed by atoms with Crippen molar-refractivity contribution in [2.24, 2.45) is 0 Å². The van der Waals surface area contributed by atoms with Gasteiger partial charge in [0.25, 0.3) is 0 Å². The van der Waals surface area contributed by atoms with Crippen LogP contribution in [-0.4, -0.2) is 108 Å². The van der Waals surface area contributed by atoms with Crippen LogP contribution in [0.2, 0.25) is 0 Å². The number of carbonyl (C=O) groups excluding carboxylic acids is 1. The lowest BCUT2D eigenvalue weighted by Crippen LogP contribution is -2.64. The maximum atomic E-state index is 12.8. The van der Waals surface area contributed by atoms with Crippen molar-refractivity contribution in [3.8, 4) is 0 Å². The second-order valence-corrected chi connectivity index (χ2v) is 14.7. The highest BCUT2D eigenvalue weighted by Crippen LogP contribution is 2.47. The first-order chi connectivity index (χ1) is 23.8. The predicted molar refractivity (Wildman–Crippen MR) is 192 cm³/mol. The second kappa shape index (κ2) is 27.2. The smallest absolute Gasteiger partial charge is 0.389 e. The predicted octanol–water partition coefficient (Wildman–Crippen LogP) is 3.85. The fraction of sp³-hybridized carbons (Fsp3) is 0.806. The molecule has 8 atom stereocenters. The summed E-state index contributed by atoms with van der Waals surface area (Å²) in [4.78, 5) is 23.1. The minimum Gasteiger partial charge on any atom is -0.389 e. The summed E-state index contributed by atoms with van der Waals surface area (Å²) < 4.78 is 22.6. The maximum Gasteiger partial charge on any atom is 0.472 e. The molecule has 50 heavy (non-hydrogen) atoms. The monoisotopic (exact) mass is 735 g/mol. The van der Waals surface area contributed by atoms with E-state index in [0.29, 0.717) is 12.8 Å². The van der Waals surface area contributed by atoms with Crippen molar-refractivity contribution in [1.29, 1.82) is 0 Å². The van der Waals surface area contributed by atoms with E-state index in [0.717, 1.165) is 32.1 Å². The molecular weight excluding hydrogens is 669 g/mol. The summed E-state index contributed by atoms with van der Waals surface area (Å²) in [6.07, 6.45) is 13.1. The first kappa shape index (κ1) is 46.5. The fourth-order valence-corrected chi connectivity index (χ4v) is 6.56. The number of phosphoric ester groups is 1. The van der Waals surface area contributed by atoms with Crippen LogP contribution in [0.3, 0.4) is 0 Å². The molecule has 1 aliphatic carbocycles. The normalized spacial score (nSPS) is 26.0. The number of rotatable bonds is 28. The van der Waals surface area contributed by atoms with Crippen molar-refractivity contribution in [3.05, 3.63) is 36.5 Å². The molecule has 1 fully saturated rings. The Morgan fingerprint density at radius 2 is 1.20 bits per heavy atom. The molecule has 292 valence electrons. The van der Waals surface area contributed by atoms with Crippen LogP contribution in [0, 0.1) is 0 Å². The van der Waals surface area contributed by atoms with E-state index in [1.165, 1.54) is 69.9 Å². The topological polar surface area (TPSA) is 226 Å². The summed E-state index contributed by atoms with van der Waals surface area (Å²) in [6, 6.07) is -1.27. The molecule has 0 spiro atoms. The average molecular weight is 736 g/mol. The van der Waals surface area contributed by atoms with E-state index in [2.05, 4.69) is 25.2 Å². The maximum absolute atomic E-state index is 12.8. The molecule has 0 bridgehead atoms. The fourth-order valence-electron chi connectivity index (χ4n) is 5.59. The summed E-state index contributed by atoms with van der Waals surface area (Å²) in [5, 5.41) is 73.6. The number of nitrogens with one attached hydrogen (secondary N) is 1. The highest BCUT2D eigenvalue weighted by atomic mass is 31.2. The van der Waals surface area contributed by atoms with Gasteiger partial charge in [-0.3, -0.25) is 13.8 Å². The number of allylic oxidation sites excluding steroid dienone is 4. The lowest BCUT2D eigenvalue weighted by atomic mass is 9.85. The van der Waals surface area contributed by atoms with E-state index < -0.39 is 75.2 Å². The van der Waals surface area contributed by atoms with Gasteiger partial charge in [-0.2, -0.15) is 0 Å². The Balaban J connectivity index is 2.74. The van der Waals surface area contributed by atoms with Crippen LogP contribution in [-0.2, 0) is 18.4 Å². The zero-order valence-electron chi connectivity index (χ0n) is 30.0. The highest BCUT2D eigenvalue weighted by Gasteiger charge is 2.51. The van der Waals surface area contributed by atoms with E-state index in [9.17, 15) is 50.0 Å². The van der Waals surface area contributed by atoms with Crippen LogP contribution in [0.4, 0.5) is 0 Å². The first-order valence-corrected chi connectivity index (χ1v) is 20.0. The van der Waals surface area contributed by atoms with Crippen LogP contribution >= 0.6 is 7.82 Å². The zero-order chi connectivity index (χ0) is 37.4. The van der Waals surface area contributed by atoms with Crippen molar-refractivity contribution in [2.75, 3.05) is 6.61 Å². The molecular formula is C36H66NO12P. The SMILES string of the molecule is CCCCCCCC/C=C\C/C=C\C(O)CC(=O)NC(COP(=O)(O)OC1C(O)C(O)C(O)C(O)C1O)C(O)/C=C/CCCCCCCCC. The van der Waals surface area contributed by atoms with Gasteiger partial charge in [0.1, 0.15) is 36.6 Å². The third-order valence-electron chi connectivity index (χ3n) is 8.73. The van der Waals surface area contributed by atoms with Crippen molar-refractivity contribution < 1.29 is 59.0 Å². The van der Waals surface area contributed by atoms with E-state index in [1.54, 1.807) is 12.2 Å². The summed E-state index contributed by atoms with van der Waals surface area (Å²) in [5.41, 5.74) is 0. The third-order valence-corrected chi connectivity index (χ3v) is 9.71. The van der Waals surface area contributed by atoms with Gasteiger partial charge in [0.15, 0.2) is 0 Å². The number of hydrogen-bond acceptors (Lipinski definition) is 11. The molecule has 14 heteroatoms. The van der Waals surface area contributed by atoms with Gasteiger partial charge in [-0.15, -0.1) is 0 Å². The van der Waals surface area contributed by atoms with Crippen LogP contribution in [0.15, 0.2) is 36.5 Å². The molecule has 1 saturated carbocycles. The van der Waals surface area contributed by atoms with Gasteiger partial charge in [-0.25, -0.2) is 4.57 Å². The van der Waals surface area contributed by atoms with Gasteiger partial charge in [-0.05, 0) is 32.1 Å². The molecule has 0 aliphatic heterocycles. The molecule has 1 amide bonds. The molecule has 0 heterocycles. The van der Waals surface area contributed by atoms with E-state index in [1.807, 2.05) is 6.08 Å². The summed E-state index contributed by atoms with van der Waals surface area (Å²) in [6.45, 7) is 3.59. The van der Waals surface area contributed by atoms with E-state index in [-0.39, 0.29) is 6.42 Å². The molecule has 1 aliphatic rings. The van der Waals surface area contributed by atoms with Crippen molar-refractivity contribution >= 4 is 13.7 Å². The molecule has 0 aromatic rings. The number of phosphoric acid groups is 1. The lowest BCUT2D eigenvalue weighted by Gasteiger charge is -2.41. The van der Waals surface area contributed by atoms with Gasteiger partial charge in [-0.1, -0.05) is 121 Å². The second-order valence-electron chi connectivity index (χ2n) is 13.3. The molecule has 9 N–H and O–H groups in total. The van der Waals surface area contributed by atoms with Crippen LogP contribution in [0.25, 0.3) is 0 Å². The number of carbonyl (C=O) groups is 1. The summed E-state index contributed by atoms with van der Waals surface area (Å²) in [7, 11) is -5.14. The van der Waals surface area contributed by atoms with Gasteiger partial charge >= 0.3 is 7.82 Å². The van der Waals surface area contributed by atoms with Crippen molar-refractivity contribution in [1.82, 2.24) is 5.32 Å². The standard InChI is InChI=1S/C36H66NO12P/c1-3-5-7-9-11-13-14-16-17-19-21-23-27(38)25-30(40)37-28(29(39)24-22-20-18-15-12-10-8-6-4-2)26-48-50(46,47)49-36-34(44)32(42)31(41)33(43)35(36)45/h16-17,21-24,27-29,31-36,38-39,41-45H,3-15,18-20,25-26H2,1-2H3,(H,37,40)(H,46,47)/b17-16-,23-21-,24-22+. The number of amides is 1. The Labute approximate surface area is 298 Å². The number of aliphatic hydroxyl groups is 7. The van der Waals surface area contributed by atoms with Crippen molar-refractivity contribution in [3.63, 3.8) is 0 Å². The van der Waals surface area contributed by atoms with E-state index >= 15 is 0 Å². The van der Waals surface area contributed by atoms with Crippen molar-refractivity contribution in [2.45, 2.75) is 178 Å². The number of hydrogen-bond donors (Lipinski definition) is 9. The first-order valence-electron chi connectivity index (χ1n) is 18.5. The Morgan fingerprint density at radius 3 is 1.76 bits per heavy atom. The molecule has 0 aromatic heterocycles. The largest absolute Gasteiger partial charge is 0.472 e. The van der Waals surface area contributed by atoms with Gasteiger partial charge in [0.2, 0.25) is 5.91 Å². The lowest BCUT2D eigenvalue weighted by molar-refractivity contribution is -0.220. The van der Waals surface area contributed by atoms with Crippen LogP contribution < -0.4 is 5.32 Å². The molecule has 1 rings (SSSR count). The summed E-state index contributed by atoms with van der Waals surface area (Å²) in [5.74, 6) is -0.666. The third kappa shape index (κ3) is 19.9. The quantitative estimate of drug-likeness (QED) is 0.0317. The minimum atomic E-state index is -5.14. The minimum absolute atomic E-state index is 0.352. The molecule has 0 saturated heterocycles.